The summed E-state index contributed by atoms with van der Waals surface area (Å²) >= 11 is 6.57. The van der Waals surface area contributed by atoms with Crippen LogP contribution < -0.4 is 5.32 Å². The number of halogens is 1. The van der Waals surface area contributed by atoms with Crippen LogP contribution in [0.15, 0.2) is 48.8 Å². The number of aliphatic hydroxyl groups excluding tert-OH is 1. The number of aliphatic hydroxyl groups is 1. The van der Waals surface area contributed by atoms with E-state index in [-0.39, 0.29) is 6.61 Å². The second kappa shape index (κ2) is 9.85. The molecule has 1 aliphatic heterocycles. The van der Waals surface area contributed by atoms with Crippen molar-refractivity contribution in [1.82, 2.24) is 19.9 Å². The Bertz CT molecular complexity index is 1390. The summed E-state index contributed by atoms with van der Waals surface area (Å²) in [7, 11) is 0. The van der Waals surface area contributed by atoms with Gasteiger partial charge in [-0.3, -0.25) is 0 Å². The maximum absolute atomic E-state index is 9.27. The molecule has 0 bridgehead atoms. The molecule has 0 atom stereocenters. The summed E-state index contributed by atoms with van der Waals surface area (Å²) < 4.78 is 0. The molecule has 3 N–H and O–H groups in total. The van der Waals surface area contributed by atoms with Crippen LogP contribution in [-0.2, 0) is 0 Å². The molecule has 7 heteroatoms. The zero-order chi connectivity index (χ0) is 24.6. The summed E-state index contributed by atoms with van der Waals surface area (Å²) in [5, 5.41) is 14.4. The van der Waals surface area contributed by atoms with Crippen LogP contribution in [0.5, 0.6) is 0 Å². The van der Waals surface area contributed by atoms with Crippen LogP contribution in [0.3, 0.4) is 0 Å². The summed E-state index contributed by atoms with van der Waals surface area (Å²) in [5.41, 5.74) is 7.82. The minimum Gasteiger partial charge on any atom is -0.395 e. The average molecular weight is 502 g/mol. The highest BCUT2D eigenvalue weighted by atomic mass is 35.5. The molecule has 6 nitrogen and oxygen atoms in total. The van der Waals surface area contributed by atoms with Crippen LogP contribution >= 0.6 is 11.6 Å². The highest BCUT2D eigenvalue weighted by Gasteiger charge is 2.27. The highest BCUT2D eigenvalue weighted by Crippen LogP contribution is 2.43. The molecule has 186 valence electrons. The van der Waals surface area contributed by atoms with Gasteiger partial charge in [-0.25, -0.2) is 9.97 Å². The Balaban J connectivity index is 1.29. The molecule has 2 aliphatic rings. The Labute approximate surface area is 216 Å². The molecular formula is C29H32ClN5O. The number of aryl methyl sites for hydroxylation is 1. The van der Waals surface area contributed by atoms with E-state index in [0.717, 1.165) is 60.3 Å². The fourth-order valence-corrected chi connectivity index (χ4v) is 5.64. The summed E-state index contributed by atoms with van der Waals surface area (Å²) in [6.45, 7) is 5.16. The topological polar surface area (TPSA) is 77.1 Å². The van der Waals surface area contributed by atoms with Crippen LogP contribution in [0.2, 0.25) is 5.02 Å². The SMILES string of the molecule is Cc1ccc2c(-c3nc(Nc4cc(C5CC5)cc(C5CCN(CCO)CC5)c4)ncc3Cl)c[nH]c2c1. The number of hydrogen-bond acceptors (Lipinski definition) is 5. The first kappa shape index (κ1) is 23.5. The van der Waals surface area contributed by atoms with Crippen molar-refractivity contribution in [2.75, 3.05) is 31.6 Å². The molecule has 1 saturated heterocycles. The Morgan fingerprint density at radius 3 is 2.53 bits per heavy atom. The normalized spacial score (nSPS) is 17.1. The fraction of sp³-hybridized carbons (Fsp3) is 0.379. The number of nitrogens with zero attached hydrogens (tertiary/aromatic N) is 3. The number of hydrogen-bond donors (Lipinski definition) is 3. The van der Waals surface area contributed by atoms with Gasteiger partial charge in [0.25, 0.3) is 0 Å². The minimum absolute atomic E-state index is 0.233. The molecular weight excluding hydrogens is 470 g/mol. The largest absolute Gasteiger partial charge is 0.395 e. The molecule has 0 radical (unpaired) electrons. The lowest BCUT2D eigenvalue weighted by atomic mass is 9.87. The first-order valence-electron chi connectivity index (χ1n) is 12.9. The third-order valence-corrected chi connectivity index (χ3v) is 7.87. The summed E-state index contributed by atoms with van der Waals surface area (Å²) in [6.07, 6.45) is 8.42. The Kier molecular flexibility index (Phi) is 6.42. The van der Waals surface area contributed by atoms with Crippen molar-refractivity contribution in [2.45, 2.75) is 44.4 Å². The maximum atomic E-state index is 9.27. The lowest BCUT2D eigenvalue weighted by Crippen LogP contribution is -2.34. The zero-order valence-corrected chi connectivity index (χ0v) is 21.4. The molecule has 2 aromatic carbocycles. The Morgan fingerprint density at radius 1 is 1.06 bits per heavy atom. The van der Waals surface area contributed by atoms with Crippen molar-refractivity contribution in [1.29, 1.82) is 0 Å². The van der Waals surface area contributed by atoms with Crippen molar-refractivity contribution in [3.63, 3.8) is 0 Å². The molecule has 2 aromatic heterocycles. The van der Waals surface area contributed by atoms with Gasteiger partial charge in [0.15, 0.2) is 0 Å². The number of fused-ring (bicyclic) bond motifs is 1. The third kappa shape index (κ3) is 4.85. The van der Waals surface area contributed by atoms with Crippen molar-refractivity contribution in [3.05, 3.63) is 70.5 Å². The zero-order valence-electron chi connectivity index (χ0n) is 20.6. The Morgan fingerprint density at radius 2 is 1.81 bits per heavy atom. The molecule has 0 amide bonds. The van der Waals surface area contributed by atoms with Gasteiger partial charge in [-0.05, 0) is 92.4 Å². The van der Waals surface area contributed by atoms with Crippen molar-refractivity contribution < 1.29 is 5.11 Å². The second-order valence-corrected chi connectivity index (χ2v) is 10.7. The molecule has 1 saturated carbocycles. The molecule has 0 unspecified atom stereocenters. The van der Waals surface area contributed by atoms with Crippen LogP contribution in [0.25, 0.3) is 22.2 Å². The van der Waals surface area contributed by atoms with E-state index in [2.05, 4.69) is 63.5 Å². The number of anilines is 2. The summed E-state index contributed by atoms with van der Waals surface area (Å²) in [5.74, 6) is 1.75. The van der Waals surface area contributed by atoms with Gasteiger partial charge in [0.1, 0.15) is 0 Å². The van der Waals surface area contributed by atoms with Gasteiger partial charge in [-0.15, -0.1) is 0 Å². The predicted molar refractivity (Wildman–Crippen MR) is 146 cm³/mol. The number of H-pyrrole nitrogens is 1. The molecule has 4 aromatic rings. The van der Waals surface area contributed by atoms with Gasteiger partial charge >= 0.3 is 0 Å². The second-order valence-electron chi connectivity index (χ2n) is 10.3. The highest BCUT2D eigenvalue weighted by molar-refractivity contribution is 6.33. The average Bonchev–Trinajstić information content (AvgIpc) is 3.66. The third-order valence-electron chi connectivity index (χ3n) is 7.59. The van der Waals surface area contributed by atoms with Crippen molar-refractivity contribution >= 4 is 34.1 Å². The van der Waals surface area contributed by atoms with E-state index in [0.29, 0.717) is 22.8 Å². The number of nitrogens with one attached hydrogen (secondary N) is 2. The minimum atomic E-state index is 0.233. The van der Waals surface area contributed by atoms with Gasteiger partial charge in [-0.1, -0.05) is 29.8 Å². The molecule has 0 spiro atoms. The maximum Gasteiger partial charge on any atom is 0.227 e. The van der Waals surface area contributed by atoms with Crippen LogP contribution in [-0.4, -0.2) is 51.2 Å². The van der Waals surface area contributed by atoms with E-state index in [9.17, 15) is 5.11 Å². The first-order valence-corrected chi connectivity index (χ1v) is 13.3. The molecule has 6 rings (SSSR count). The molecule has 36 heavy (non-hydrogen) atoms. The van der Waals surface area contributed by atoms with Crippen LogP contribution in [0.4, 0.5) is 11.6 Å². The quantitative estimate of drug-likeness (QED) is 0.274. The number of aromatic amines is 1. The number of piperidine rings is 1. The lowest BCUT2D eigenvalue weighted by molar-refractivity contribution is 0.164. The number of aromatic nitrogens is 3. The summed E-state index contributed by atoms with van der Waals surface area (Å²) in [6, 6.07) is 13.3. The molecule has 1 aliphatic carbocycles. The smallest absolute Gasteiger partial charge is 0.227 e. The monoisotopic (exact) mass is 501 g/mol. The van der Waals surface area contributed by atoms with Gasteiger partial charge in [0.2, 0.25) is 5.95 Å². The van der Waals surface area contributed by atoms with Crippen molar-refractivity contribution in [2.24, 2.45) is 0 Å². The van der Waals surface area contributed by atoms with Crippen LogP contribution in [0.1, 0.15) is 54.2 Å². The van der Waals surface area contributed by atoms with Gasteiger partial charge in [-0.2, -0.15) is 0 Å². The fourth-order valence-electron chi connectivity index (χ4n) is 5.45. The van der Waals surface area contributed by atoms with E-state index in [4.69, 9.17) is 16.6 Å². The number of benzene rings is 2. The van der Waals surface area contributed by atoms with Crippen LogP contribution in [0, 0.1) is 6.92 Å². The molecule has 2 fully saturated rings. The lowest BCUT2D eigenvalue weighted by Gasteiger charge is -2.32. The van der Waals surface area contributed by atoms with Crippen molar-refractivity contribution in [3.8, 4) is 11.3 Å². The van der Waals surface area contributed by atoms with Gasteiger partial charge in [0, 0.05) is 34.9 Å². The first-order chi connectivity index (χ1) is 17.6. The van der Waals surface area contributed by atoms with E-state index >= 15 is 0 Å². The Hall–Kier alpha value is -2.93. The predicted octanol–water partition coefficient (Wildman–Crippen LogP) is 6.38. The van der Waals surface area contributed by atoms with Gasteiger partial charge in [0.05, 0.1) is 23.5 Å². The number of β-amino-alcohol motifs (C(OH)–C–C–N with tert-alkyl or cyclic N) is 1. The number of rotatable bonds is 7. The number of likely N-dealkylation sites (tertiary alicyclic amines) is 1. The van der Waals surface area contributed by atoms with E-state index in [1.807, 2.05) is 6.20 Å². The molecule has 3 heterocycles. The standard InChI is InChI=1S/C29H32ClN5O/c1-18-2-5-24-25(16-31-27(24)12-18)28-26(30)17-32-29(34-28)33-23-14-21(19-3-4-19)13-22(15-23)20-6-8-35(9-7-20)10-11-36/h2,5,12-17,19-20,31,36H,3-4,6-11H2,1H3,(H,32,33,34). The van der Waals surface area contributed by atoms with E-state index < -0.39 is 0 Å². The van der Waals surface area contributed by atoms with E-state index in [1.54, 1.807) is 6.20 Å². The van der Waals surface area contributed by atoms with Gasteiger partial charge < -0.3 is 20.3 Å². The summed E-state index contributed by atoms with van der Waals surface area (Å²) in [4.78, 5) is 15.1. The van der Waals surface area contributed by atoms with E-state index in [1.165, 1.54) is 29.5 Å².